The summed E-state index contributed by atoms with van der Waals surface area (Å²) in [4.78, 5) is 33.0. The van der Waals surface area contributed by atoms with E-state index in [1.807, 2.05) is 24.3 Å². The van der Waals surface area contributed by atoms with E-state index >= 15 is 0 Å². The summed E-state index contributed by atoms with van der Waals surface area (Å²) in [5.74, 6) is 0.843. The van der Waals surface area contributed by atoms with Gasteiger partial charge in [0.25, 0.3) is 5.56 Å². The van der Waals surface area contributed by atoms with E-state index in [0.717, 1.165) is 17.7 Å². The Balaban J connectivity index is 2.21. The average Bonchev–Trinajstić information content (AvgIpc) is 2.70. The molecule has 7 nitrogen and oxygen atoms in total. The number of ether oxygens (including phenoxy) is 2. The van der Waals surface area contributed by atoms with E-state index < -0.39 is 11.9 Å². The molecule has 0 saturated heterocycles. The van der Waals surface area contributed by atoms with E-state index in [1.54, 1.807) is 14.0 Å². The van der Waals surface area contributed by atoms with E-state index in [1.165, 1.54) is 18.9 Å². The predicted octanol–water partition coefficient (Wildman–Crippen LogP) is 3.29. The minimum Gasteiger partial charge on any atom is -0.497 e. The maximum Gasteiger partial charge on any atom is 0.336 e. The van der Waals surface area contributed by atoms with Crippen molar-refractivity contribution < 1.29 is 14.3 Å². The second-order valence-electron chi connectivity index (χ2n) is 6.35. The minimum atomic E-state index is -0.611. The number of allylic oxidation sites excluding steroid dienone is 1. The van der Waals surface area contributed by atoms with Gasteiger partial charge in [-0.3, -0.25) is 4.79 Å². The molecule has 0 spiro atoms. The first kappa shape index (κ1) is 20.0. The number of nitrogens with zero attached hydrogens (tertiary/aromatic N) is 1. The van der Waals surface area contributed by atoms with Gasteiger partial charge in [0.2, 0.25) is 0 Å². The minimum absolute atomic E-state index is 0.280. The van der Waals surface area contributed by atoms with Crippen LogP contribution in [0.25, 0.3) is 0 Å². The third kappa shape index (κ3) is 3.77. The molecule has 0 bridgehead atoms. The molecule has 3 rings (SSSR count). The largest absolute Gasteiger partial charge is 0.497 e. The first-order valence-electron chi connectivity index (χ1n) is 8.97. The zero-order valence-electron chi connectivity index (χ0n) is 16.3. The topological polar surface area (TPSA) is 93.3 Å². The highest BCUT2D eigenvalue weighted by molar-refractivity contribution is 7.99. The van der Waals surface area contributed by atoms with Crippen molar-refractivity contribution in [1.82, 2.24) is 9.97 Å². The number of fused-ring (bicyclic) bond motifs is 1. The number of nitrogens with one attached hydrogen (secondary N) is 2. The molecular weight excluding hydrogens is 378 g/mol. The molecule has 28 heavy (non-hydrogen) atoms. The zero-order valence-corrected chi connectivity index (χ0v) is 17.1. The van der Waals surface area contributed by atoms with Crippen LogP contribution in [0.4, 0.5) is 5.82 Å². The summed E-state index contributed by atoms with van der Waals surface area (Å²) in [5, 5.41) is 3.67. The predicted molar refractivity (Wildman–Crippen MR) is 109 cm³/mol. The molecule has 0 amide bonds. The van der Waals surface area contributed by atoms with E-state index in [2.05, 4.69) is 22.2 Å². The third-order valence-corrected chi connectivity index (χ3v) is 5.58. The Bertz CT molecular complexity index is 984. The van der Waals surface area contributed by atoms with Crippen molar-refractivity contribution in [2.45, 2.75) is 31.3 Å². The summed E-state index contributed by atoms with van der Waals surface area (Å²) in [6.45, 7) is 3.85. The molecule has 2 heterocycles. The van der Waals surface area contributed by atoms with Gasteiger partial charge in [-0.15, -0.1) is 0 Å². The number of thioether (sulfide) groups is 1. The molecule has 1 aromatic carbocycles. The summed E-state index contributed by atoms with van der Waals surface area (Å²) < 4.78 is 10.3. The van der Waals surface area contributed by atoms with E-state index in [4.69, 9.17) is 9.47 Å². The second kappa shape index (κ2) is 8.52. The standard InChI is InChI=1S/C20H23N3O4S/c1-5-9-28-20-22-17-16(18(24)23-20)15(12-7-6-8-13(10-12)26-3)14(11(2)21-17)19(25)27-4/h6-8,10,15H,5,9H2,1-4H3,(H2,21,22,23,24)/t15-/m1/s1. The lowest BCUT2D eigenvalue weighted by Crippen LogP contribution is -2.31. The van der Waals surface area contributed by atoms with Gasteiger partial charge in [0.05, 0.1) is 31.3 Å². The summed E-state index contributed by atoms with van der Waals surface area (Å²) in [6, 6.07) is 7.31. The molecule has 2 N–H and O–H groups in total. The Kier molecular flexibility index (Phi) is 6.08. The molecule has 148 valence electrons. The number of aromatic nitrogens is 2. The van der Waals surface area contributed by atoms with Gasteiger partial charge in [0.15, 0.2) is 5.16 Å². The number of rotatable bonds is 6. The fraction of sp³-hybridized carbons (Fsp3) is 0.350. The Hall–Kier alpha value is -2.74. The van der Waals surface area contributed by atoms with Crippen molar-refractivity contribution >= 4 is 23.5 Å². The van der Waals surface area contributed by atoms with Crippen LogP contribution in [0.3, 0.4) is 0 Å². The Morgan fingerprint density at radius 2 is 2.11 bits per heavy atom. The van der Waals surface area contributed by atoms with Gasteiger partial charge in [-0.1, -0.05) is 30.8 Å². The molecule has 8 heteroatoms. The number of anilines is 1. The highest BCUT2D eigenvalue weighted by Gasteiger charge is 2.36. The number of hydrogen-bond donors (Lipinski definition) is 2. The van der Waals surface area contributed by atoms with Crippen molar-refractivity contribution in [3.05, 3.63) is 57.0 Å². The number of carbonyl (C=O) groups excluding carboxylic acids is 1. The highest BCUT2D eigenvalue weighted by atomic mass is 32.2. The zero-order chi connectivity index (χ0) is 20.3. The first-order valence-corrected chi connectivity index (χ1v) is 9.95. The Morgan fingerprint density at radius 1 is 1.32 bits per heavy atom. The summed E-state index contributed by atoms with van der Waals surface area (Å²) in [7, 11) is 2.90. The quantitative estimate of drug-likeness (QED) is 0.436. The van der Waals surface area contributed by atoms with Crippen LogP contribution in [-0.2, 0) is 9.53 Å². The molecule has 1 aliphatic rings. The summed E-state index contributed by atoms with van der Waals surface area (Å²) >= 11 is 1.49. The van der Waals surface area contributed by atoms with Crippen molar-refractivity contribution in [3.63, 3.8) is 0 Å². The number of carbonyl (C=O) groups is 1. The molecular formula is C20H23N3O4S. The first-order chi connectivity index (χ1) is 13.5. The normalized spacial score (nSPS) is 15.6. The van der Waals surface area contributed by atoms with Crippen LogP contribution in [0.1, 0.15) is 37.3 Å². The SMILES string of the molecule is CCCSc1nc2c(c(=O)[nH]1)[C@H](c1cccc(OC)c1)C(C(=O)OC)=C(C)N2. The molecule has 0 aliphatic carbocycles. The maximum atomic E-state index is 13.0. The molecule has 1 atom stereocenters. The van der Waals surface area contributed by atoms with Gasteiger partial charge >= 0.3 is 5.97 Å². The van der Waals surface area contributed by atoms with Crippen molar-refractivity contribution in [3.8, 4) is 5.75 Å². The molecule has 2 aromatic rings. The monoisotopic (exact) mass is 401 g/mol. The van der Waals surface area contributed by atoms with E-state index in [9.17, 15) is 9.59 Å². The average molecular weight is 401 g/mol. The lowest BCUT2D eigenvalue weighted by atomic mass is 9.82. The van der Waals surface area contributed by atoms with Gasteiger partial charge in [-0.2, -0.15) is 0 Å². The lowest BCUT2D eigenvalue weighted by Gasteiger charge is -2.28. The van der Waals surface area contributed by atoms with Gasteiger partial charge in [-0.25, -0.2) is 9.78 Å². The number of aromatic amines is 1. The van der Waals surface area contributed by atoms with Crippen LogP contribution in [-0.4, -0.2) is 35.9 Å². The molecule has 0 saturated carbocycles. The van der Waals surface area contributed by atoms with Crippen molar-refractivity contribution in [1.29, 1.82) is 0 Å². The highest BCUT2D eigenvalue weighted by Crippen LogP contribution is 2.40. The van der Waals surface area contributed by atoms with E-state index in [0.29, 0.717) is 33.6 Å². The number of H-pyrrole nitrogens is 1. The van der Waals surface area contributed by atoms with Gasteiger partial charge in [0.1, 0.15) is 11.6 Å². The Morgan fingerprint density at radius 3 is 2.79 bits per heavy atom. The van der Waals surface area contributed by atoms with Crippen LogP contribution < -0.4 is 15.6 Å². The van der Waals surface area contributed by atoms with Gasteiger partial charge in [0, 0.05) is 11.4 Å². The maximum absolute atomic E-state index is 13.0. The van der Waals surface area contributed by atoms with Crippen LogP contribution in [0.15, 0.2) is 45.5 Å². The number of hydrogen-bond acceptors (Lipinski definition) is 7. The number of esters is 1. The summed E-state index contributed by atoms with van der Waals surface area (Å²) in [5.41, 5.74) is 1.85. The third-order valence-electron chi connectivity index (χ3n) is 4.50. The van der Waals surface area contributed by atoms with Crippen LogP contribution in [0, 0.1) is 0 Å². The molecule has 0 fully saturated rings. The fourth-order valence-electron chi connectivity index (χ4n) is 3.23. The molecule has 1 aliphatic heterocycles. The lowest BCUT2D eigenvalue weighted by molar-refractivity contribution is -0.136. The molecule has 0 radical (unpaired) electrons. The fourth-order valence-corrected chi connectivity index (χ4v) is 3.95. The van der Waals surface area contributed by atoms with Crippen LogP contribution in [0.2, 0.25) is 0 Å². The number of methoxy groups -OCH3 is 2. The van der Waals surface area contributed by atoms with Crippen LogP contribution in [0.5, 0.6) is 5.75 Å². The van der Waals surface area contributed by atoms with Crippen molar-refractivity contribution in [2.75, 3.05) is 25.3 Å². The van der Waals surface area contributed by atoms with Crippen molar-refractivity contribution in [2.24, 2.45) is 0 Å². The summed E-state index contributed by atoms with van der Waals surface area (Å²) in [6.07, 6.45) is 0.969. The van der Waals surface area contributed by atoms with E-state index in [-0.39, 0.29) is 5.56 Å². The van der Waals surface area contributed by atoms with Crippen LogP contribution >= 0.6 is 11.8 Å². The smallest absolute Gasteiger partial charge is 0.336 e. The molecule has 0 unspecified atom stereocenters. The molecule has 1 aromatic heterocycles. The Labute approximate surface area is 167 Å². The van der Waals surface area contributed by atoms with Gasteiger partial charge < -0.3 is 19.8 Å². The second-order valence-corrected chi connectivity index (χ2v) is 7.43. The number of benzene rings is 1. The van der Waals surface area contributed by atoms with Gasteiger partial charge in [-0.05, 0) is 31.0 Å².